The second-order valence-corrected chi connectivity index (χ2v) is 6.34. The Morgan fingerprint density at radius 3 is 3.05 bits per heavy atom. The molecule has 0 aliphatic carbocycles. The van der Waals surface area contributed by atoms with Crippen molar-refractivity contribution in [1.82, 2.24) is 9.97 Å². The van der Waals surface area contributed by atoms with Gasteiger partial charge in [0.15, 0.2) is 0 Å². The van der Waals surface area contributed by atoms with Crippen molar-refractivity contribution in [1.29, 1.82) is 0 Å². The third-order valence-electron chi connectivity index (χ3n) is 3.06. The Bertz CT molecular complexity index is 911. The number of benzene rings is 1. The second-order valence-electron chi connectivity index (χ2n) is 4.59. The summed E-state index contributed by atoms with van der Waals surface area (Å²) in [5.41, 5.74) is 1.49. The molecule has 3 aromatic rings. The number of phenols is 1. The molecule has 0 atom stereocenters. The number of rotatable bonds is 2. The average molecular weight is 363 g/mol. The number of H-pyrrole nitrogens is 1. The first-order valence-electron chi connectivity index (χ1n) is 6.19. The molecule has 0 bridgehead atoms. The minimum absolute atomic E-state index is 0.140. The number of nitrogens with zero attached hydrogens (tertiary/aromatic N) is 1. The van der Waals surface area contributed by atoms with E-state index in [4.69, 9.17) is 0 Å². The van der Waals surface area contributed by atoms with Crippen LogP contribution in [-0.4, -0.2) is 15.1 Å². The smallest absolute Gasteiger partial charge is 0.259 e. The van der Waals surface area contributed by atoms with Crippen LogP contribution in [0.3, 0.4) is 0 Å². The zero-order chi connectivity index (χ0) is 15.0. The summed E-state index contributed by atoms with van der Waals surface area (Å²) in [5, 5.41) is 12.0. The molecule has 0 unspecified atom stereocenters. The van der Waals surface area contributed by atoms with Gasteiger partial charge in [0, 0.05) is 4.47 Å². The van der Waals surface area contributed by atoms with Gasteiger partial charge >= 0.3 is 0 Å². The lowest BCUT2D eigenvalue weighted by Gasteiger charge is -2.04. The largest absolute Gasteiger partial charge is 0.508 e. The van der Waals surface area contributed by atoms with Crippen LogP contribution >= 0.6 is 27.3 Å². The van der Waals surface area contributed by atoms with E-state index in [1.165, 1.54) is 11.3 Å². The molecule has 0 saturated carbocycles. The van der Waals surface area contributed by atoms with Crippen molar-refractivity contribution in [3.8, 4) is 5.75 Å². The second kappa shape index (κ2) is 5.46. The van der Waals surface area contributed by atoms with Gasteiger partial charge in [-0.3, -0.25) is 4.79 Å². The van der Waals surface area contributed by atoms with E-state index in [0.717, 1.165) is 20.4 Å². The zero-order valence-corrected chi connectivity index (χ0v) is 13.5. The summed E-state index contributed by atoms with van der Waals surface area (Å²) in [7, 11) is 0. The first-order valence-corrected chi connectivity index (χ1v) is 7.86. The lowest BCUT2D eigenvalue weighted by atomic mass is 10.1. The van der Waals surface area contributed by atoms with E-state index in [0.29, 0.717) is 11.2 Å². The maximum atomic E-state index is 12.0. The van der Waals surface area contributed by atoms with Crippen molar-refractivity contribution >= 4 is 49.1 Å². The molecule has 2 N–H and O–H groups in total. The van der Waals surface area contributed by atoms with Crippen molar-refractivity contribution in [2.24, 2.45) is 0 Å². The molecule has 21 heavy (non-hydrogen) atoms. The number of hydrogen-bond donors (Lipinski definition) is 2. The molecular weight excluding hydrogens is 352 g/mol. The Morgan fingerprint density at radius 2 is 2.24 bits per heavy atom. The predicted octanol–water partition coefficient (Wildman–Crippen LogP) is 4.01. The average Bonchev–Trinajstić information content (AvgIpc) is 2.91. The molecule has 1 aromatic carbocycles. The normalized spacial score (nSPS) is 12.0. The third-order valence-corrected chi connectivity index (χ3v) is 4.59. The van der Waals surface area contributed by atoms with Crippen molar-refractivity contribution in [3.63, 3.8) is 0 Å². The van der Waals surface area contributed by atoms with E-state index >= 15 is 0 Å². The van der Waals surface area contributed by atoms with E-state index in [-0.39, 0.29) is 11.3 Å². The van der Waals surface area contributed by atoms with Gasteiger partial charge in [-0.1, -0.05) is 15.9 Å². The minimum Gasteiger partial charge on any atom is -0.508 e. The Labute approximate surface area is 132 Å². The van der Waals surface area contributed by atoms with Crippen LogP contribution in [0.5, 0.6) is 5.75 Å². The van der Waals surface area contributed by atoms with Crippen LogP contribution < -0.4 is 5.56 Å². The number of thiophene rings is 1. The molecule has 0 aliphatic heterocycles. The molecule has 0 amide bonds. The summed E-state index contributed by atoms with van der Waals surface area (Å²) in [5.74, 6) is 0.720. The quantitative estimate of drug-likeness (QED) is 0.723. The van der Waals surface area contributed by atoms with Gasteiger partial charge in [-0.2, -0.15) is 0 Å². The van der Waals surface area contributed by atoms with Crippen molar-refractivity contribution < 1.29 is 5.11 Å². The highest BCUT2D eigenvalue weighted by Crippen LogP contribution is 2.26. The van der Waals surface area contributed by atoms with Gasteiger partial charge in [0.05, 0.1) is 5.39 Å². The number of fused-ring (bicyclic) bond motifs is 1. The van der Waals surface area contributed by atoms with Crippen LogP contribution in [0.4, 0.5) is 0 Å². The fourth-order valence-electron chi connectivity index (χ4n) is 2.00. The first-order chi connectivity index (χ1) is 10.0. The monoisotopic (exact) mass is 362 g/mol. The van der Waals surface area contributed by atoms with Gasteiger partial charge in [0.2, 0.25) is 0 Å². The maximum Gasteiger partial charge on any atom is 0.259 e. The molecule has 6 heteroatoms. The van der Waals surface area contributed by atoms with E-state index in [9.17, 15) is 9.90 Å². The van der Waals surface area contributed by atoms with Crippen LogP contribution in [-0.2, 0) is 0 Å². The summed E-state index contributed by atoms with van der Waals surface area (Å²) in [6, 6.07) is 6.79. The highest BCUT2D eigenvalue weighted by molar-refractivity contribution is 9.10. The molecule has 2 heterocycles. The SMILES string of the molecule is C/C(=C/c1cc(O)ccc1Br)c1nc2sccc2c(=O)[nH]1. The molecular formula is C15H11BrN2O2S. The number of aromatic hydroxyl groups is 1. The highest BCUT2D eigenvalue weighted by atomic mass is 79.9. The summed E-state index contributed by atoms with van der Waals surface area (Å²) in [6.45, 7) is 1.87. The van der Waals surface area contributed by atoms with E-state index in [2.05, 4.69) is 25.9 Å². The molecule has 106 valence electrons. The fraction of sp³-hybridized carbons (Fsp3) is 0.0667. The molecule has 0 saturated heterocycles. The van der Waals surface area contributed by atoms with Crippen LogP contribution in [0, 0.1) is 0 Å². The number of hydrogen-bond acceptors (Lipinski definition) is 4. The molecule has 0 radical (unpaired) electrons. The number of aromatic amines is 1. The Kier molecular flexibility index (Phi) is 3.65. The molecule has 2 aromatic heterocycles. The lowest BCUT2D eigenvalue weighted by Crippen LogP contribution is -2.09. The van der Waals surface area contributed by atoms with Crippen molar-refractivity contribution in [2.45, 2.75) is 6.92 Å². The van der Waals surface area contributed by atoms with Gasteiger partial charge in [0.1, 0.15) is 16.4 Å². The number of nitrogens with one attached hydrogen (secondary N) is 1. The summed E-state index contributed by atoms with van der Waals surface area (Å²) >= 11 is 4.87. The Morgan fingerprint density at radius 1 is 1.43 bits per heavy atom. The Balaban J connectivity index is 2.11. The van der Waals surface area contributed by atoms with E-state index in [1.54, 1.807) is 24.3 Å². The lowest BCUT2D eigenvalue weighted by molar-refractivity contribution is 0.475. The summed E-state index contributed by atoms with van der Waals surface area (Å²) in [6.07, 6.45) is 1.86. The van der Waals surface area contributed by atoms with Crippen molar-refractivity contribution in [2.75, 3.05) is 0 Å². The topological polar surface area (TPSA) is 66.0 Å². The third kappa shape index (κ3) is 2.77. The molecule has 0 aliphatic rings. The van der Waals surface area contributed by atoms with Crippen LogP contribution in [0.2, 0.25) is 0 Å². The number of halogens is 1. The van der Waals surface area contributed by atoms with Crippen LogP contribution in [0.15, 0.2) is 38.9 Å². The molecule has 0 spiro atoms. The summed E-state index contributed by atoms with van der Waals surface area (Å²) in [4.78, 5) is 19.9. The zero-order valence-electron chi connectivity index (χ0n) is 11.1. The number of allylic oxidation sites excluding steroid dienone is 1. The van der Waals surface area contributed by atoms with Gasteiger partial charge in [-0.15, -0.1) is 11.3 Å². The van der Waals surface area contributed by atoms with Gasteiger partial charge in [-0.25, -0.2) is 4.98 Å². The maximum absolute atomic E-state index is 12.0. The minimum atomic E-state index is -0.140. The number of aromatic nitrogens is 2. The van der Waals surface area contributed by atoms with E-state index in [1.807, 2.05) is 18.4 Å². The standard InChI is InChI=1S/C15H11BrN2O2S/c1-8(6-9-7-10(19)2-3-12(9)16)13-17-14(20)11-4-5-21-15(11)18-13/h2-7,19H,1H3,(H,17,18,20)/b8-6-. The van der Waals surface area contributed by atoms with Crippen LogP contribution in [0.1, 0.15) is 18.3 Å². The molecule has 3 rings (SSSR count). The van der Waals surface area contributed by atoms with Gasteiger partial charge in [0.25, 0.3) is 5.56 Å². The fourth-order valence-corrected chi connectivity index (χ4v) is 3.12. The van der Waals surface area contributed by atoms with Crippen molar-refractivity contribution in [3.05, 3.63) is 55.9 Å². The van der Waals surface area contributed by atoms with Crippen LogP contribution in [0.25, 0.3) is 21.9 Å². The van der Waals surface area contributed by atoms with Gasteiger partial charge < -0.3 is 10.1 Å². The highest BCUT2D eigenvalue weighted by Gasteiger charge is 2.07. The first kappa shape index (κ1) is 14.0. The van der Waals surface area contributed by atoms with E-state index < -0.39 is 0 Å². The molecule has 0 fully saturated rings. The van der Waals surface area contributed by atoms with Gasteiger partial charge in [-0.05, 0) is 53.8 Å². The summed E-state index contributed by atoms with van der Waals surface area (Å²) < 4.78 is 0.860. The predicted molar refractivity (Wildman–Crippen MR) is 89.6 cm³/mol. The molecule has 4 nitrogen and oxygen atoms in total. The number of phenolic OH excluding ortho intramolecular Hbond substituents is 1. The Hall–Kier alpha value is -1.92.